The molecular weight excluding hydrogens is 114 g/mol. The average molecular weight is 120 g/mol. The molecule has 0 aliphatic rings. The summed E-state index contributed by atoms with van der Waals surface area (Å²) in [7, 11) is 0. The number of hydrogen-bond acceptors (Lipinski definition) is 1. The zero-order valence-corrected chi connectivity index (χ0v) is 4.52. The highest BCUT2D eigenvalue weighted by atomic mass is 35.5. The van der Waals surface area contributed by atoms with Gasteiger partial charge in [-0.3, -0.25) is 0 Å². The monoisotopic (exact) mass is 119 g/mol. The minimum absolute atomic E-state index is 0.115. The van der Waals surface area contributed by atoms with Crippen LogP contribution < -0.4 is 0 Å². The fourth-order valence-corrected chi connectivity index (χ4v) is 0.252. The van der Waals surface area contributed by atoms with Crippen LogP contribution in [0.4, 0.5) is 0 Å². The van der Waals surface area contributed by atoms with E-state index in [1.165, 1.54) is 0 Å². The van der Waals surface area contributed by atoms with Crippen molar-refractivity contribution < 1.29 is 5.11 Å². The van der Waals surface area contributed by atoms with Crippen LogP contribution in [0.15, 0.2) is 0 Å². The van der Waals surface area contributed by atoms with Gasteiger partial charge in [-0.25, -0.2) is 6.57 Å². The Bertz CT molecular complexity index is 78.2. The zero-order chi connectivity index (χ0) is 5.70. The first-order chi connectivity index (χ1) is 3.31. The van der Waals surface area contributed by atoms with Crippen LogP contribution in [-0.4, -0.2) is 23.6 Å². The summed E-state index contributed by atoms with van der Waals surface area (Å²) in [6.07, 6.45) is -0.640. The second-order valence-corrected chi connectivity index (χ2v) is 1.46. The summed E-state index contributed by atoms with van der Waals surface area (Å²) < 4.78 is 0. The van der Waals surface area contributed by atoms with Crippen molar-refractivity contribution in [3.05, 3.63) is 11.4 Å². The van der Waals surface area contributed by atoms with E-state index < -0.39 is 6.10 Å². The molecule has 0 aliphatic carbocycles. The summed E-state index contributed by atoms with van der Waals surface area (Å²) in [5.41, 5.74) is 0. The molecule has 0 aliphatic heterocycles. The molecule has 0 saturated heterocycles. The second-order valence-electron chi connectivity index (χ2n) is 1.15. The molecule has 1 N–H and O–H groups in total. The molecule has 0 aromatic heterocycles. The molecule has 2 nitrogen and oxygen atoms in total. The largest absolute Gasteiger partial charge is 0.384 e. The van der Waals surface area contributed by atoms with Crippen molar-refractivity contribution >= 4 is 11.6 Å². The van der Waals surface area contributed by atoms with Crippen molar-refractivity contribution in [3.8, 4) is 0 Å². The molecule has 0 unspecified atom stereocenters. The number of aliphatic hydroxyl groups is 1. The van der Waals surface area contributed by atoms with E-state index in [-0.39, 0.29) is 12.4 Å². The zero-order valence-electron chi connectivity index (χ0n) is 3.76. The first-order valence-corrected chi connectivity index (χ1v) is 2.42. The van der Waals surface area contributed by atoms with Gasteiger partial charge in [0.2, 0.25) is 6.54 Å². The molecule has 0 heterocycles. The highest BCUT2D eigenvalue weighted by Gasteiger charge is 2.01. The van der Waals surface area contributed by atoms with Crippen LogP contribution >= 0.6 is 11.6 Å². The lowest BCUT2D eigenvalue weighted by Crippen LogP contribution is -2.10. The van der Waals surface area contributed by atoms with Crippen LogP contribution in [0.1, 0.15) is 0 Å². The van der Waals surface area contributed by atoms with E-state index in [1.807, 2.05) is 0 Å². The molecule has 0 fully saturated rings. The van der Waals surface area contributed by atoms with Gasteiger partial charge in [0.1, 0.15) is 6.10 Å². The van der Waals surface area contributed by atoms with Crippen LogP contribution in [0.5, 0.6) is 0 Å². The highest BCUT2D eigenvalue weighted by molar-refractivity contribution is 6.18. The van der Waals surface area contributed by atoms with Gasteiger partial charge in [0, 0.05) is 0 Å². The van der Waals surface area contributed by atoms with Crippen LogP contribution in [0.2, 0.25) is 0 Å². The van der Waals surface area contributed by atoms with Crippen LogP contribution in [0.3, 0.4) is 0 Å². The van der Waals surface area contributed by atoms with E-state index in [4.69, 9.17) is 23.3 Å². The standard InChI is InChI=1S/C4H6ClNO/c1-6-3-4(7)2-5/h4,7H,2-3H2/t4-/m0/s1. The molecule has 0 saturated carbocycles. The quantitative estimate of drug-likeness (QED) is 0.416. The van der Waals surface area contributed by atoms with Gasteiger partial charge in [-0.2, -0.15) is 0 Å². The number of aliphatic hydroxyl groups excluding tert-OH is 1. The molecule has 3 heteroatoms. The number of rotatable bonds is 2. The topological polar surface area (TPSA) is 24.6 Å². The lowest BCUT2D eigenvalue weighted by Gasteiger charge is -1.91. The predicted molar refractivity (Wildman–Crippen MR) is 28.2 cm³/mol. The lowest BCUT2D eigenvalue weighted by atomic mass is 10.4. The summed E-state index contributed by atoms with van der Waals surface area (Å²) in [5.74, 6) is 0.155. The lowest BCUT2D eigenvalue weighted by molar-refractivity contribution is 0.215. The minimum Gasteiger partial charge on any atom is -0.384 e. The van der Waals surface area contributed by atoms with Gasteiger partial charge >= 0.3 is 0 Å². The van der Waals surface area contributed by atoms with Crippen molar-refractivity contribution in [2.24, 2.45) is 0 Å². The molecule has 1 atom stereocenters. The molecule has 7 heavy (non-hydrogen) atoms. The molecule has 0 spiro atoms. The smallest absolute Gasteiger partial charge is 0.241 e. The summed E-state index contributed by atoms with van der Waals surface area (Å²) in [5, 5.41) is 8.51. The number of hydrogen-bond donors (Lipinski definition) is 1. The van der Waals surface area contributed by atoms with Gasteiger partial charge in [-0.15, -0.1) is 11.6 Å². The average Bonchev–Trinajstić information content (AvgIpc) is 1.68. The summed E-state index contributed by atoms with van der Waals surface area (Å²) in [4.78, 5) is 2.92. The Balaban J connectivity index is 3.03. The predicted octanol–water partition coefficient (Wildman–Crippen LogP) is 0.505. The molecule has 0 bridgehead atoms. The van der Waals surface area contributed by atoms with Crippen LogP contribution in [-0.2, 0) is 0 Å². The van der Waals surface area contributed by atoms with E-state index in [0.29, 0.717) is 0 Å². The van der Waals surface area contributed by atoms with Gasteiger partial charge in [0.15, 0.2) is 0 Å². The number of nitrogens with zero attached hydrogens (tertiary/aromatic N) is 1. The van der Waals surface area contributed by atoms with Crippen molar-refractivity contribution in [1.29, 1.82) is 0 Å². The van der Waals surface area contributed by atoms with Crippen molar-refractivity contribution in [1.82, 2.24) is 0 Å². The van der Waals surface area contributed by atoms with Gasteiger partial charge in [0.05, 0.1) is 5.88 Å². The molecule has 0 aromatic rings. The van der Waals surface area contributed by atoms with E-state index in [9.17, 15) is 0 Å². The summed E-state index contributed by atoms with van der Waals surface area (Å²) >= 11 is 5.14. The fraction of sp³-hybridized carbons (Fsp3) is 0.750. The van der Waals surface area contributed by atoms with E-state index in [2.05, 4.69) is 4.85 Å². The van der Waals surface area contributed by atoms with Crippen LogP contribution in [0, 0.1) is 6.57 Å². The Hall–Kier alpha value is -0.260. The first-order valence-electron chi connectivity index (χ1n) is 1.88. The van der Waals surface area contributed by atoms with E-state index in [1.54, 1.807) is 0 Å². The van der Waals surface area contributed by atoms with Gasteiger partial charge in [-0.1, -0.05) is 0 Å². The Labute approximate surface area is 47.5 Å². The Morgan fingerprint density at radius 3 is 2.57 bits per heavy atom. The van der Waals surface area contributed by atoms with Gasteiger partial charge < -0.3 is 9.95 Å². The molecule has 0 rings (SSSR count). The summed E-state index contributed by atoms with van der Waals surface area (Å²) in [6, 6.07) is 0. The molecule has 40 valence electrons. The molecular formula is C4H6ClNO. The van der Waals surface area contributed by atoms with Crippen molar-refractivity contribution in [2.45, 2.75) is 6.10 Å². The molecule has 0 amide bonds. The molecule has 0 radical (unpaired) electrons. The van der Waals surface area contributed by atoms with Crippen LogP contribution in [0.25, 0.3) is 4.85 Å². The third-order valence-corrected chi connectivity index (χ3v) is 0.836. The van der Waals surface area contributed by atoms with Gasteiger partial charge in [-0.05, 0) is 0 Å². The number of alkyl halides is 1. The summed E-state index contributed by atoms with van der Waals surface area (Å²) in [6.45, 7) is 6.36. The maximum atomic E-state index is 8.51. The number of halogens is 1. The normalized spacial score (nSPS) is 12.7. The Morgan fingerprint density at radius 2 is 2.43 bits per heavy atom. The fourth-order valence-electron chi connectivity index (χ4n) is 0.154. The SMILES string of the molecule is [C-]#[N+]C[C@@H](O)CCl. The van der Waals surface area contributed by atoms with Crippen molar-refractivity contribution in [3.63, 3.8) is 0 Å². The Morgan fingerprint density at radius 1 is 1.86 bits per heavy atom. The third kappa shape index (κ3) is 3.57. The first kappa shape index (κ1) is 6.74. The van der Waals surface area contributed by atoms with Gasteiger partial charge in [0.25, 0.3) is 0 Å². The maximum Gasteiger partial charge on any atom is 0.241 e. The van der Waals surface area contributed by atoms with Crippen molar-refractivity contribution in [2.75, 3.05) is 12.4 Å². The minimum atomic E-state index is -0.640. The van der Waals surface area contributed by atoms with E-state index >= 15 is 0 Å². The second kappa shape index (κ2) is 3.91. The Kier molecular flexibility index (Phi) is 3.77. The maximum absolute atomic E-state index is 8.51. The third-order valence-electron chi connectivity index (χ3n) is 0.480. The molecule has 0 aromatic carbocycles. The van der Waals surface area contributed by atoms with E-state index in [0.717, 1.165) is 0 Å². The highest BCUT2D eigenvalue weighted by Crippen LogP contribution is 1.86.